The summed E-state index contributed by atoms with van der Waals surface area (Å²) in [6.07, 6.45) is 5.19. The highest BCUT2D eigenvalue weighted by atomic mass is 32.1. The predicted molar refractivity (Wildman–Crippen MR) is 82.9 cm³/mol. The number of nitrogens with zero attached hydrogens (tertiary/aromatic N) is 3. The molecule has 1 aromatic rings. The molecule has 1 aromatic heterocycles. The number of carbonyl (C=O) groups is 1. The lowest BCUT2D eigenvalue weighted by molar-refractivity contribution is -0.123. The molecule has 1 amide bonds. The second kappa shape index (κ2) is 5.44. The Balaban J connectivity index is 1.29. The van der Waals surface area contributed by atoms with Crippen LogP contribution in [0.2, 0.25) is 0 Å². The van der Waals surface area contributed by atoms with Gasteiger partial charge in [0.1, 0.15) is 11.5 Å². The van der Waals surface area contributed by atoms with E-state index in [9.17, 15) is 9.18 Å². The molecular formula is C15H21FN4OS. The maximum absolute atomic E-state index is 14.8. The lowest BCUT2D eigenvalue weighted by Crippen LogP contribution is -2.48. The highest BCUT2D eigenvalue weighted by molar-refractivity contribution is 7.09. The molecule has 0 spiro atoms. The summed E-state index contributed by atoms with van der Waals surface area (Å²) in [6, 6.07) is 0. The molecule has 2 saturated carbocycles. The van der Waals surface area contributed by atoms with Crippen molar-refractivity contribution in [3.05, 3.63) is 5.82 Å². The molecule has 4 rings (SSSR count). The maximum atomic E-state index is 14.8. The zero-order chi connectivity index (χ0) is 15.2. The third-order valence-electron chi connectivity index (χ3n) is 4.83. The Kier molecular flexibility index (Phi) is 3.55. The zero-order valence-corrected chi connectivity index (χ0v) is 13.4. The second-order valence-electron chi connectivity index (χ2n) is 6.84. The van der Waals surface area contributed by atoms with Crippen molar-refractivity contribution in [3.8, 4) is 0 Å². The number of piperidine rings is 1. The fourth-order valence-corrected chi connectivity index (χ4v) is 3.67. The number of nitrogens with one attached hydrogen (secondary N) is 1. The lowest BCUT2D eigenvalue weighted by atomic mass is 9.93. The minimum absolute atomic E-state index is 0.0256. The normalized spacial score (nSPS) is 24.3. The molecule has 1 aliphatic heterocycles. The summed E-state index contributed by atoms with van der Waals surface area (Å²) >= 11 is 1.43. The molecule has 3 aliphatic rings. The second-order valence-corrected chi connectivity index (χ2v) is 7.57. The number of aromatic nitrogens is 2. The predicted octanol–water partition coefficient (Wildman–Crippen LogP) is 2.25. The zero-order valence-electron chi connectivity index (χ0n) is 12.6. The van der Waals surface area contributed by atoms with Crippen LogP contribution in [0.5, 0.6) is 0 Å². The molecule has 7 heteroatoms. The number of rotatable bonds is 5. The standard InChI is InChI=1S/C15H21FN4OS/c16-15(9-17-13(21)11-3-4-11)5-7-20(8-6-15)14-18-12(19-22-14)10-1-2-10/h10-11H,1-9H2,(H,17,21). The van der Waals surface area contributed by atoms with Gasteiger partial charge in [-0.3, -0.25) is 4.79 Å². The van der Waals surface area contributed by atoms with Crippen LogP contribution in [-0.4, -0.2) is 40.6 Å². The van der Waals surface area contributed by atoms with Gasteiger partial charge in [0.25, 0.3) is 0 Å². The summed E-state index contributed by atoms with van der Waals surface area (Å²) in [7, 11) is 0. The third-order valence-corrected chi connectivity index (χ3v) is 5.62. The molecule has 0 bridgehead atoms. The van der Waals surface area contributed by atoms with Crippen molar-refractivity contribution in [2.24, 2.45) is 5.92 Å². The van der Waals surface area contributed by atoms with Crippen molar-refractivity contribution in [1.82, 2.24) is 14.7 Å². The SMILES string of the molecule is O=C(NCC1(F)CCN(c2nc(C3CC3)ns2)CC1)C1CC1. The topological polar surface area (TPSA) is 58.1 Å². The Morgan fingerprint density at radius 1 is 1.32 bits per heavy atom. The summed E-state index contributed by atoms with van der Waals surface area (Å²) in [5.41, 5.74) is -1.27. The van der Waals surface area contributed by atoms with Gasteiger partial charge in [0.15, 0.2) is 0 Å². The van der Waals surface area contributed by atoms with Crippen LogP contribution in [-0.2, 0) is 4.79 Å². The molecule has 1 N–H and O–H groups in total. The molecule has 0 aromatic carbocycles. The first kappa shape index (κ1) is 14.4. The van der Waals surface area contributed by atoms with E-state index in [-0.39, 0.29) is 18.4 Å². The van der Waals surface area contributed by atoms with E-state index in [1.165, 1.54) is 24.4 Å². The molecule has 3 fully saturated rings. The highest BCUT2D eigenvalue weighted by Gasteiger charge is 2.38. The van der Waals surface area contributed by atoms with Crippen molar-refractivity contribution < 1.29 is 9.18 Å². The minimum atomic E-state index is -1.27. The quantitative estimate of drug-likeness (QED) is 0.902. The molecule has 5 nitrogen and oxygen atoms in total. The average molecular weight is 324 g/mol. The fourth-order valence-electron chi connectivity index (χ4n) is 2.87. The number of hydrogen-bond acceptors (Lipinski definition) is 5. The lowest BCUT2D eigenvalue weighted by Gasteiger charge is -2.36. The Morgan fingerprint density at radius 3 is 2.68 bits per heavy atom. The van der Waals surface area contributed by atoms with Crippen molar-refractivity contribution >= 4 is 22.6 Å². The molecule has 2 aliphatic carbocycles. The van der Waals surface area contributed by atoms with Crippen LogP contribution < -0.4 is 10.2 Å². The Bertz CT molecular complexity index is 562. The van der Waals surface area contributed by atoms with E-state index in [2.05, 4.69) is 19.6 Å². The van der Waals surface area contributed by atoms with Crippen LogP contribution in [0.4, 0.5) is 9.52 Å². The van der Waals surface area contributed by atoms with E-state index in [1.807, 2.05) is 0 Å². The van der Waals surface area contributed by atoms with Gasteiger partial charge in [-0.1, -0.05) is 0 Å². The van der Waals surface area contributed by atoms with Gasteiger partial charge in [-0.05, 0) is 25.7 Å². The van der Waals surface area contributed by atoms with Crippen LogP contribution in [0.15, 0.2) is 0 Å². The number of carbonyl (C=O) groups excluding carboxylic acids is 1. The molecule has 120 valence electrons. The van der Waals surface area contributed by atoms with Gasteiger partial charge in [-0.25, -0.2) is 9.37 Å². The molecule has 1 saturated heterocycles. The van der Waals surface area contributed by atoms with Crippen molar-refractivity contribution in [2.75, 3.05) is 24.5 Å². The van der Waals surface area contributed by atoms with Crippen LogP contribution in [0.3, 0.4) is 0 Å². The average Bonchev–Trinajstić information content (AvgIpc) is 3.44. The first-order chi connectivity index (χ1) is 10.6. The van der Waals surface area contributed by atoms with Gasteiger partial charge in [0.2, 0.25) is 11.0 Å². The Morgan fingerprint density at radius 2 is 2.05 bits per heavy atom. The maximum Gasteiger partial charge on any atom is 0.223 e. The highest BCUT2D eigenvalue weighted by Crippen LogP contribution is 2.40. The first-order valence-electron chi connectivity index (χ1n) is 8.18. The first-order valence-corrected chi connectivity index (χ1v) is 8.95. The van der Waals surface area contributed by atoms with Gasteiger partial charge >= 0.3 is 0 Å². The fraction of sp³-hybridized carbons (Fsp3) is 0.800. The van der Waals surface area contributed by atoms with Gasteiger partial charge in [0, 0.05) is 49.3 Å². The van der Waals surface area contributed by atoms with Gasteiger partial charge in [0.05, 0.1) is 6.54 Å². The van der Waals surface area contributed by atoms with Crippen molar-refractivity contribution in [2.45, 2.75) is 50.1 Å². The molecule has 0 radical (unpaired) electrons. The number of amides is 1. The number of hydrogen-bond donors (Lipinski definition) is 1. The molecular weight excluding hydrogens is 303 g/mol. The Hall–Kier alpha value is -1.24. The molecule has 0 unspecified atom stereocenters. The van der Waals surface area contributed by atoms with E-state index in [1.54, 1.807) is 0 Å². The third kappa shape index (κ3) is 3.09. The summed E-state index contributed by atoms with van der Waals surface area (Å²) in [5, 5.41) is 3.70. The molecule has 22 heavy (non-hydrogen) atoms. The van der Waals surface area contributed by atoms with Crippen LogP contribution >= 0.6 is 11.5 Å². The summed E-state index contributed by atoms with van der Waals surface area (Å²) in [4.78, 5) is 18.4. The van der Waals surface area contributed by atoms with E-state index >= 15 is 0 Å². The van der Waals surface area contributed by atoms with Gasteiger partial charge < -0.3 is 10.2 Å². The Labute approximate surface area is 133 Å². The monoisotopic (exact) mass is 324 g/mol. The number of alkyl halides is 1. The van der Waals surface area contributed by atoms with Crippen molar-refractivity contribution in [3.63, 3.8) is 0 Å². The number of anilines is 1. The summed E-state index contributed by atoms with van der Waals surface area (Å²) in [5.74, 6) is 1.70. The molecule has 0 atom stereocenters. The largest absolute Gasteiger partial charge is 0.353 e. The van der Waals surface area contributed by atoms with E-state index in [0.717, 1.165) is 23.8 Å². The smallest absolute Gasteiger partial charge is 0.223 e. The van der Waals surface area contributed by atoms with Gasteiger partial charge in [-0.2, -0.15) is 4.37 Å². The van der Waals surface area contributed by atoms with E-state index in [4.69, 9.17) is 0 Å². The number of halogens is 1. The van der Waals surface area contributed by atoms with Crippen molar-refractivity contribution in [1.29, 1.82) is 0 Å². The van der Waals surface area contributed by atoms with Gasteiger partial charge in [-0.15, -0.1) is 0 Å². The van der Waals surface area contributed by atoms with Crippen LogP contribution in [0, 0.1) is 5.92 Å². The minimum Gasteiger partial charge on any atom is -0.353 e. The summed E-state index contributed by atoms with van der Waals surface area (Å²) < 4.78 is 19.2. The van der Waals surface area contributed by atoms with E-state index in [0.29, 0.717) is 31.8 Å². The van der Waals surface area contributed by atoms with E-state index < -0.39 is 5.67 Å². The summed E-state index contributed by atoms with van der Waals surface area (Å²) in [6.45, 7) is 1.45. The molecule has 2 heterocycles. The van der Waals surface area contributed by atoms with Crippen LogP contribution in [0.1, 0.15) is 50.3 Å². The van der Waals surface area contributed by atoms with Crippen LogP contribution in [0.25, 0.3) is 0 Å².